The quantitative estimate of drug-likeness (QED) is 0.687. The zero-order chi connectivity index (χ0) is 19.4. The summed E-state index contributed by atoms with van der Waals surface area (Å²) in [5.74, 6) is 0.603. The SMILES string of the molecule is Cc1ccc(Cl)c(OC2CCN(C(=O)C3CC(NC(=O)CN)CN3)CC2)c1. The van der Waals surface area contributed by atoms with Crippen molar-refractivity contribution in [2.75, 3.05) is 26.2 Å². The minimum atomic E-state index is -0.253. The molecule has 0 aromatic heterocycles. The molecule has 148 valence electrons. The molecule has 4 N–H and O–H groups in total. The normalized spacial score (nSPS) is 23.3. The van der Waals surface area contributed by atoms with Gasteiger partial charge in [0, 0.05) is 38.5 Å². The highest BCUT2D eigenvalue weighted by molar-refractivity contribution is 6.32. The first-order chi connectivity index (χ1) is 13.0. The molecule has 2 aliphatic rings. The molecule has 2 saturated heterocycles. The van der Waals surface area contributed by atoms with Crippen molar-refractivity contribution in [3.05, 3.63) is 28.8 Å². The predicted octanol–water partition coefficient (Wildman–Crippen LogP) is 0.824. The maximum absolute atomic E-state index is 12.7. The number of carbonyl (C=O) groups is 2. The average Bonchev–Trinajstić information content (AvgIpc) is 3.13. The van der Waals surface area contributed by atoms with E-state index in [1.165, 1.54) is 0 Å². The van der Waals surface area contributed by atoms with E-state index >= 15 is 0 Å². The van der Waals surface area contributed by atoms with Gasteiger partial charge in [0.25, 0.3) is 0 Å². The standard InChI is InChI=1S/C19H27ClN4O3/c1-12-2-3-15(20)17(8-12)27-14-4-6-24(7-5-14)19(26)16-9-13(11-22-16)23-18(25)10-21/h2-3,8,13-14,16,22H,4-7,9-11,21H2,1H3,(H,23,25). The zero-order valence-electron chi connectivity index (χ0n) is 15.5. The minimum Gasteiger partial charge on any atom is -0.489 e. The van der Waals surface area contributed by atoms with Gasteiger partial charge >= 0.3 is 0 Å². The van der Waals surface area contributed by atoms with Crippen LogP contribution in [-0.4, -0.2) is 61.1 Å². The number of piperidine rings is 1. The van der Waals surface area contributed by atoms with E-state index in [4.69, 9.17) is 22.1 Å². The molecule has 8 heteroatoms. The van der Waals surface area contributed by atoms with Gasteiger partial charge in [-0.05, 0) is 31.0 Å². The topological polar surface area (TPSA) is 96.7 Å². The van der Waals surface area contributed by atoms with Gasteiger partial charge in [-0.25, -0.2) is 0 Å². The van der Waals surface area contributed by atoms with Crippen molar-refractivity contribution >= 4 is 23.4 Å². The van der Waals surface area contributed by atoms with Crippen LogP contribution in [0.25, 0.3) is 0 Å². The summed E-state index contributed by atoms with van der Waals surface area (Å²) in [5.41, 5.74) is 6.42. The van der Waals surface area contributed by atoms with Gasteiger partial charge in [0.15, 0.2) is 0 Å². The number of likely N-dealkylation sites (tertiary alicyclic amines) is 1. The number of nitrogens with one attached hydrogen (secondary N) is 2. The molecule has 2 aliphatic heterocycles. The second-order valence-electron chi connectivity index (χ2n) is 7.24. The van der Waals surface area contributed by atoms with Crippen LogP contribution in [0.5, 0.6) is 5.75 Å². The van der Waals surface area contributed by atoms with Gasteiger partial charge in [-0.1, -0.05) is 17.7 Å². The van der Waals surface area contributed by atoms with Crippen LogP contribution < -0.4 is 21.1 Å². The summed E-state index contributed by atoms with van der Waals surface area (Å²) in [6.07, 6.45) is 2.20. The van der Waals surface area contributed by atoms with Crippen LogP contribution in [0, 0.1) is 6.92 Å². The van der Waals surface area contributed by atoms with E-state index in [1.807, 2.05) is 30.0 Å². The molecule has 2 heterocycles. The zero-order valence-corrected chi connectivity index (χ0v) is 16.3. The highest BCUT2D eigenvalue weighted by Crippen LogP contribution is 2.28. The lowest BCUT2D eigenvalue weighted by atomic mass is 10.1. The van der Waals surface area contributed by atoms with Crippen molar-refractivity contribution in [3.8, 4) is 5.75 Å². The Labute approximate surface area is 164 Å². The minimum absolute atomic E-state index is 0.0341. The van der Waals surface area contributed by atoms with Gasteiger partial charge < -0.3 is 26.0 Å². The summed E-state index contributed by atoms with van der Waals surface area (Å²) >= 11 is 6.21. The summed E-state index contributed by atoms with van der Waals surface area (Å²) in [6.45, 7) is 3.87. The Morgan fingerprint density at radius 2 is 2.11 bits per heavy atom. The summed E-state index contributed by atoms with van der Waals surface area (Å²) in [5, 5.41) is 6.64. The Kier molecular flexibility index (Phi) is 6.57. The number of benzene rings is 1. The number of rotatable bonds is 5. The lowest BCUT2D eigenvalue weighted by Gasteiger charge is -2.33. The van der Waals surface area contributed by atoms with Crippen LogP contribution in [0.1, 0.15) is 24.8 Å². The smallest absolute Gasteiger partial charge is 0.239 e. The Bertz CT molecular complexity index is 692. The molecule has 0 radical (unpaired) electrons. The molecule has 0 spiro atoms. The van der Waals surface area contributed by atoms with E-state index in [0.29, 0.717) is 36.8 Å². The van der Waals surface area contributed by atoms with Gasteiger partial charge in [-0.2, -0.15) is 0 Å². The van der Waals surface area contributed by atoms with Gasteiger partial charge in [0.2, 0.25) is 11.8 Å². The second-order valence-corrected chi connectivity index (χ2v) is 7.65. The molecule has 0 saturated carbocycles. The third kappa shape index (κ3) is 5.12. The number of halogens is 1. The first-order valence-electron chi connectivity index (χ1n) is 9.40. The van der Waals surface area contributed by atoms with Crippen LogP contribution >= 0.6 is 11.6 Å². The van der Waals surface area contributed by atoms with Crippen LogP contribution in [-0.2, 0) is 9.59 Å². The van der Waals surface area contributed by atoms with E-state index in [2.05, 4.69) is 10.6 Å². The summed E-state index contributed by atoms with van der Waals surface area (Å²) in [4.78, 5) is 26.0. The summed E-state index contributed by atoms with van der Waals surface area (Å²) in [6, 6.07) is 5.44. The van der Waals surface area contributed by atoms with E-state index in [1.54, 1.807) is 0 Å². The predicted molar refractivity (Wildman–Crippen MR) is 104 cm³/mol. The van der Waals surface area contributed by atoms with Crippen molar-refractivity contribution in [1.82, 2.24) is 15.5 Å². The van der Waals surface area contributed by atoms with Crippen LogP contribution in [0.3, 0.4) is 0 Å². The fraction of sp³-hybridized carbons (Fsp3) is 0.579. The Morgan fingerprint density at radius 3 is 2.81 bits per heavy atom. The fourth-order valence-corrected chi connectivity index (χ4v) is 3.78. The number of hydrogen-bond donors (Lipinski definition) is 3. The largest absolute Gasteiger partial charge is 0.489 e. The number of ether oxygens (including phenoxy) is 1. The maximum Gasteiger partial charge on any atom is 0.239 e. The lowest BCUT2D eigenvalue weighted by molar-refractivity contribution is -0.135. The first kappa shape index (κ1) is 19.9. The molecule has 3 rings (SSSR count). The molecule has 2 amide bonds. The number of aryl methyl sites for hydroxylation is 1. The summed E-state index contributed by atoms with van der Waals surface area (Å²) in [7, 11) is 0. The number of nitrogens with two attached hydrogens (primary N) is 1. The van der Waals surface area contributed by atoms with E-state index in [-0.39, 0.29) is 36.5 Å². The highest BCUT2D eigenvalue weighted by atomic mass is 35.5. The molecule has 2 atom stereocenters. The molecular weight excluding hydrogens is 368 g/mol. The van der Waals surface area contributed by atoms with E-state index in [9.17, 15) is 9.59 Å². The fourth-order valence-electron chi connectivity index (χ4n) is 3.62. The number of nitrogens with zero attached hydrogens (tertiary/aromatic N) is 1. The van der Waals surface area contributed by atoms with Crippen molar-refractivity contribution in [2.45, 2.75) is 44.4 Å². The molecular formula is C19H27ClN4O3. The van der Waals surface area contributed by atoms with Crippen LogP contribution in [0.15, 0.2) is 18.2 Å². The third-order valence-electron chi connectivity index (χ3n) is 5.11. The number of hydrogen-bond acceptors (Lipinski definition) is 5. The molecule has 7 nitrogen and oxygen atoms in total. The molecule has 1 aromatic rings. The Morgan fingerprint density at radius 1 is 1.37 bits per heavy atom. The lowest BCUT2D eigenvalue weighted by Crippen LogP contribution is -2.48. The van der Waals surface area contributed by atoms with Crippen molar-refractivity contribution < 1.29 is 14.3 Å². The van der Waals surface area contributed by atoms with Crippen molar-refractivity contribution in [2.24, 2.45) is 5.73 Å². The number of carbonyl (C=O) groups excluding carboxylic acids is 2. The van der Waals surface area contributed by atoms with Crippen LogP contribution in [0.4, 0.5) is 0 Å². The number of amides is 2. The molecule has 0 aliphatic carbocycles. The average molecular weight is 395 g/mol. The molecule has 2 unspecified atom stereocenters. The van der Waals surface area contributed by atoms with E-state index < -0.39 is 0 Å². The molecule has 27 heavy (non-hydrogen) atoms. The Hall–Kier alpha value is -1.83. The second kappa shape index (κ2) is 8.91. The van der Waals surface area contributed by atoms with Gasteiger partial charge in [0.1, 0.15) is 11.9 Å². The Balaban J connectivity index is 1.47. The highest BCUT2D eigenvalue weighted by Gasteiger charge is 2.34. The van der Waals surface area contributed by atoms with Gasteiger partial charge in [-0.3, -0.25) is 9.59 Å². The maximum atomic E-state index is 12.7. The van der Waals surface area contributed by atoms with Gasteiger partial charge in [0.05, 0.1) is 17.6 Å². The van der Waals surface area contributed by atoms with Gasteiger partial charge in [-0.15, -0.1) is 0 Å². The van der Waals surface area contributed by atoms with E-state index in [0.717, 1.165) is 18.4 Å². The van der Waals surface area contributed by atoms with Crippen molar-refractivity contribution in [1.29, 1.82) is 0 Å². The molecule has 1 aromatic carbocycles. The molecule has 0 bridgehead atoms. The molecule has 2 fully saturated rings. The monoisotopic (exact) mass is 394 g/mol. The third-order valence-corrected chi connectivity index (χ3v) is 5.43. The first-order valence-corrected chi connectivity index (χ1v) is 9.78. The van der Waals surface area contributed by atoms with Crippen LogP contribution in [0.2, 0.25) is 5.02 Å². The van der Waals surface area contributed by atoms with Crippen molar-refractivity contribution in [3.63, 3.8) is 0 Å². The summed E-state index contributed by atoms with van der Waals surface area (Å²) < 4.78 is 6.05.